The van der Waals surface area contributed by atoms with Crippen LogP contribution in [0, 0.1) is 0 Å². The highest BCUT2D eigenvalue weighted by Crippen LogP contribution is 2.30. The van der Waals surface area contributed by atoms with Crippen LogP contribution in [0.2, 0.25) is 0 Å². The van der Waals surface area contributed by atoms with Crippen molar-refractivity contribution in [2.45, 2.75) is 32.5 Å². The molecule has 6 nitrogen and oxygen atoms in total. The van der Waals surface area contributed by atoms with Gasteiger partial charge in [0.15, 0.2) is 0 Å². The van der Waals surface area contributed by atoms with Crippen molar-refractivity contribution >= 4 is 16.1 Å². The zero-order valence-electron chi connectivity index (χ0n) is 17.6. The second-order valence-corrected chi connectivity index (χ2v) is 9.70. The maximum Gasteiger partial charge on any atom is 0.387 e. The van der Waals surface area contributed by atoms with Crippen molar-refractivity contribution in [2.75, 3.05) is 26.3 Å². The monoisotopic (exact) mass is 464 g/mol. The lowest BCUT2D eigenvalue weighted by Crippen LogP contribution is -2.35. The summed E-state index contributed by atoms with van der Waals surface area (Å²) in [4.78, 5) is 2.60. The van der Waals surface area contributed by atoms with Crippen molar-refractivity contribution in [1.29, 1.82) is 0 Å². The summed E-state index contributed by atoms with van der Waals surface area (Å²) in [6.45, 7) is 1.37. The number of aryl methyl sites for hydroxylation is 1. The number of ether oxygens (including phenoxy) is 2. The van der Waals surface area contributed by atoms with E-state index < -0.39 is 16.6 Å². The molecule has 0 aromatic heterocycles. The standard InChI is InChI=1S/C23H26F2N2O4S/c24-23(25)31-21-6-4-20-14-22(7-5-19(20)13-21)32(28,29)26-15-17-2-1-3-18(12-17)16-27-8-10-30-11-9-27/h1-4,6,12-14,23,26H,5,7-11,15-16H2. The van der Waals surface area contributed by atoms with Gasteiger partial charge in [0, 0.05) is 26.2 Å². The molecule has 1 aliphatic carbocycles. The Hall–Kier alpha value is -2.33. The minimum atomic E-state index is -3.66. The van der Waals surface area contributed by atoms with Gasteiger partial charge in [-0.15, -0.1) is 0 Å². The second-order valence-electron chi connectivity index (χ2n) is 7.88. The second kappa shape index (κ2) is 10.1. The van der Waals surface area contributed by atoms with Crippen LogP contribution >= 0.6 is 0 Å². The Morgan fingerprint density at radius 1 is 1.06 bits per heavy atom. The lowest BCUT2D eigenvalue weighted by atomic mass is 9.97. The van der Waals surface area contributed by atoms with Gasteiger partial charge in [-0.05, 0) is 53.3 Å². The first-order chi connectivity index (χ1) is 15.4. The number of alkyl halides is 2. The average molecular weight is 465 g/mol. The number of benzene rings is 2. The van der Waals surface area contributed by atoms with Crippen LogP contribution in [0.15, 0.2) is 47.4 Å². The van der Waals surface area contributed by atoms with Gasteiger partial charge in [0.25, 0.3) is 0 Å². The molecule has 2 aromatic rings. The van der Waals surface area contributed by atoms with Gasteiger partial charge in [0.05, 0.1) is 18.1 Å². The predicted octanol–water partition coefficient (Wildman–Crippen LogP) is 3.53. The molecule has 1 fully saturated rings. The van der Waals surface area contributed by atoms with E-state index in [0.717, 1.165) is 49.5 Å². The summed E-state index contributed by atoms with van der Waals surface area (Å²) >= 11 is 0. The summed E-state index contributed by atoms with van der Waals surface area (Å²) in [5, 5.41) is 0. The molecular formula is C23H26F2N2O4S. The molecule has 1 aliphatic heterocycles. The molecule has 0 radical (unpaired) electrons. The predicted molar refractivity (Wildman–Crippen MR) is 118 cm³/mol. The Morgan fingerprint density at radius 2 is 1.84 bits per heavy atom. The third kappa shape index (κ3) is 5.92. The quantitative estimate of drug-likeness (QED) is 0.648. The highest BCUT2D eigenvalue weighted by molar-refractivity contribution is 7.93. The Bertz CT molecular complexity index is 1080. The van der Waals surface area contributed by atoms with Crippen LogP contribution in [0.4, 0.5) is 8.78 Å². The molecule has 1 heterocycles. The van der Waals surface area contributed by atoms with Crippen LogP contribution in [0.5, 0.6) is 5.75 Å². The number of hydrogen-bond donors (Lipinski definition) is 1. The normalized spacial score (nSPS) is 17.2. The third-order valence-electron chi connectivity index (χ3n) is 5.61. The maximum absolute atomic E-state index is 12.9. The van der Waals surface area contributed by atoms with Crippen molar-refractivity contribution in [3.63, 3.8) is 0 Å². The van der Waals surface area contributed by atoms with Crippen molar-refractivity contribution in [3.8, 4) is 5.75 Å². The van der Waals surface area contributed by atoms with Crippen LogP contribution in [-0.2, 0) is 34.3 Å². The van der Waals surface area contributed by atoms with Gasteiger partial charge < -0.3 is 9.47 Å². The molecule has 2 aliphatic rings. The topological polar surface area (TPSA) is 67.9 Å². The molecule has 0 atom stereocenters. The number of nitrogens with one attached hydrogen (secondary N) is 1. The van der Waals surface area contributed by atoms with E-state index in [0.29, 0.717) is 18.4 Å². The molecule has 1 N–H and O–H groups in total. The molecule has 0 spiro atoms. The van der Waals surface area contributed by atoms with Gasteiger partial charge in [0.2, 0.25) is 10.0 Å². The molecule has 4 rings (SSSR count). The fourth-order valence-corrected chi connectivity index (χ4v) is 5.15. The van der Waals surface area contributed by atoms with E-state index in [-0.39, 0.29) is 17.2 Å². The lowest BCUT2D eigenvalue weighted by molar-refractivity contribution is -0.0498. The van der Waals surface area contributed by atoms with Gasteiger partial charge >= 0.3 is 6.61 Å². The summed E-state index contributed by atoms with van der Waals surface area (Å²) in [5.74, 6) is 0.0774. The highest BCUT2D eigenvalue weighted by Gasteiger charge is 2.22. The lowest BCUT2D eigenvalue weighted by Gasteiger charge is -2.26. The van der Waals surface area contributed by atoms with Gasteiger partial charge in [-0.1, -0.05) is 30.3 Å². The molecule has 0 amide bonds. The van der Waals surface area contributed by atoms with E-state index in [1.54, 1.807) is 12.1 Å². The molecule has 0 bridgehead atoms. The van der Waals surface area contributed by atoms with Gasteiger partial charge in [0.1, 0.15) is 5.75 Å². The molecule has 32 heavy (non-hydrogen) atoms. The van der Waals surface area contributed by atoms with Crippen LogP contribution < -0.4 is 9.46 Å². The van der Waals surface area contributed by atoms with E-state index in [1.165, 1.54) is 12.1 Å². The van der Waals surface area contributed by atoms with Crippen LogP contribution in [0.1, 0.15) is 28.7 Å². The number of morpholine rings is 1. The molecule has 2 aromatic carbocycles. The van der Waals surface area contributed by atoms with E-state index in [1.807, 2.05) is 24.3 Å². The van der Waals surface area contributed by atoms with Crippen molar-refractivity contribution in [3.05, 3.63) is 69.6 Å². The number of halogens is 2. The van der Waals surface area contributed by atoms with Crippen molar-refractivity contribution < 1.29 is 26.7 Å². The van der Waals surface area contributed by atoms with Crippen molar-refractivity contribution in [1.82, 2.24) is 9.62 Å². The zero-order valence-corrected chi connectivity index (χ0v) is 18.4. The first-order valence-corrected chi connectivity index (χ1v) is 12.0. The van der Waals surface area contributed by atoms with E-state index >= 15 is 0 Å². The first-order valence-electron chi connectivity index (χ1n) is 10.5. The number of rotatable bonds is 8. The Morgan fingerprint density at radius 3 is 2.62 bits per heavy atom. The Labute approximate surface area is 186 Å². The van der Waals surface area contributed by atoms with Crippen LogP contribution in [-0.4, -0.2) is 46.2 Å². The molecule has 1 saturated heterocycles. The minimum absolute atomic E-state index is 0.0774. The van der Waals surface area contributed by atoms with Crippen LogP contribution in [0.25, 0.3) is 6.08 Å². The number of hydrogen-bond acceptors (Lipinski definition) is 5. The van der Waals surface area contributed by atoms with E-state index in [9.17, 15) is 17.2 Å². The smallest absolute Gasteiger partial charge is 0.387 e. The zero-order chi connectivity index (χ0) is 22.6. The van der Waals surface area contributed by atoms with Gasteiger partial charge in [-0.3, -0.25) is 4.90 Å². The Balaban J connectivity index is 1.40. The minimum Gasteiger partial charge on any atom is -0.435 e. The number of fused-ring (bicyclic) bond motifs is 1. The maximum atomic E-state index is 12.9. The SMILES string of the molecule is O=S(=O)(NCc1cccc(CN2CCOCC2)c1)C1=Cc2ccc(OC(F)F)cc2CC1. The summed E-state index contributed by atoms with van der Waals surface area (Å²) in [6.07, 6.45) is 2.34. The largest absolute Gasteiger partial charge is 0.435 e. The average Bonchev–Trinajstić information content (AvgIpc) is 2.78. The summed E-state index contributed by atoms with van der Waals surface area (Å²) in [7, 11) is -3.66. The summed E-state index contributed by atoms with van der Waals surface area (Å²) in [5.41, 5.74) is 3.52. The number of nitrogens with zero attached hydrogens (tertiary/aromatic N) is 1. The molecular weight excluding hydrogens is 438 g/mol. The highest BCUT2D eigenvalue weighted by atomic mass is 32.2. The fourth-order valence-electron chi connectivity index (χ4n) is 3.96. The molecule has 0 unspecified atom stereocenters. The van der Waals surface area contributed by atoms with Gasteiger partial charge in [-0.25, -0.2) is 13.1 Å². The third-order valence-corrected chi connectivity index (χ3v) is 7.15. The first kappa shape index (κ1) is 22.8. The molecule has 0 saturated carbocycles. The Kier molecular flexibility index (Phi) is 7.20. The molecule has 172 valence electrons. The molecule has 9 heteroatoms. The van der Waals surface area contributed by atoms with Gasteiger partial charge in [-0.2, -0.15) is 8.78 Å². The van der Waals surface area contributed by atoms with Crippen molar-refractivity contribution in [2.24, 2.45) is 0 Å². The number of allylic oxidation sites excluding steroid dienone is 1. The number of sulfonamides is 1. The summed E-state index contributed by atoms with van der Waals surface area (Å²) < 4.78 is 63.0. The summed E-state index contributed by atoms with van der Waals surface area (Å²) in [6, 6.07) is 12.5. The van der Waals surface area contributed by atoms with E-state index in [4.69, 9.17) is 4.74 Å². The fraction of sp³-hybridized carbons (Fsp3) is 0.391. The van der Waals surface area contributed by atoms with E-state index in [2.05, 4.69) is 14.4 Å². The van der Waals surface area contributed by atoms with Crippen LogP contribution in [0.3, 0.4) is 0 Å².